The van der Waals surface area contributed by atoms with Crippen LogP contribution in [-0.4, -0.2) is 20.7 Å². The summed E-state index contributed by atoms with van der Waals surface area (Å²) >= 11 is 1.68. The van der Waals surface area contributed by atoms with Crippen LogP contribution in [0.3, 0.4) is 0 Å². The van der Waals surface area contributed by atoms with E-state index < -0.39 is 0 Å². The molecular formula is C23H23N5OS. The number of nitrogens with zero attached hydrogens (tertiary/aromatic N) is 3. The van der Waals surface area contributed by atoms with Crippen molar-refractivity contribution in [3.05, 3.63) is 66.0 Å². The molecule has 7 heteroatoms. The molecule has 2 aromatic carbocycles. The van der Waals surface area contributed by atoms with Crippen LogP contribution < -0.4 is 16.2 Å². The molecule has 0 saturated carbocycles. The van der Waals surface area contributed by atoms with Crippen molar-refractivity contribution >= 4 is 34.2 Å². The van der Waals surface area contributed by atoms with E-state index in [1.807, 2.05) is 55.5 Å². The summed E-state index contributed by atoms with van der Waals surface area (Å²) in [6.45, 7) is 4.51. The lowest BCUT2D eigenvalue weighted by Gasteiger charge is -2.12. The van der Waals surface area contributed by atoms with Crippen LogP contribution in [0, 0.1) is 6.92 Å². The van der Waals surface area contributed by atoms with Gasteiger partial charge >= 0.3 is 0 Å². The molecule has 0 unspecified atom stereocenters. The second-order valence-electron chi connectivity index (χ2n) is 6.86. The van der Waals surface area contributed by atoms with E-state index >= 15 is 0 Å². The van der Waals surface area contributed by atoms with E-state index in [1.165, 1.54) is 0 Å². The number of anilines is 2. The summed E-state index contributed by atoms with van der Waals surface area (Å²) in [7, 11) is 0. The minimum atomic E-state index is 0.416. The Balaban J connectivity index is 1.64. The van der Waals surface area contributed by atoms with E-state index in [0.717, 1.165) is 44.1 Å². The summed E-state index contributed by atoms with van der Waals surface area (Å²) in [6, 6.07) is 15.5. The molecule has 30 heavy (non-hydrogen) atoms. The first-order valence-electron chi connectivity index (χ1n) is 9.68. The molecule has 0 spiro atoms. The van der Waals surface area contributed by atoms with Crippen LogP contribution in [0.4, 0.5) is 11.5 Å². The molecule has 0 aliphatic rings. The van der Waals surface area contributed by atoms with Crippen LogP contribution in [0.5, 0.6) is 5.75 Å². The van der Waals surface area contributed by atoms with Gasteiger partial charge in [0.25, 0.3) is 0 Å². The van der Waals surface area contributed by atoms with Gasteiger partial charge in [-0.3, -0.25) is 4.98 Å². The fourth-order valence-corrected chi connectivity index (χ4v) is 3.92. The van der Waals surface area contributed by atoms with E-state index in [2.05, 4.69) is 16.9 Å². The van der Waals surface area contributed by atoms with Crippen LogP contribution in [0.25, 0.3) is 22.3 Å². The van der Waals surface area contributed by atoms with E-state index in [4.69, 9.17) is 21.2 Å². The summed E-state index contributed by atoms with van der Waals surface area (Å²) in [6.07, 6.45) is 1.76. The highest BCUT2D eigenvalue weighted by Crippen LogP contribution is 2.33. The number of aromatic nitrogens is 3. The van der Waals surface area contributed by atoms with Crippen LogP contribution >= 0.6 is 11.8 Å². The normalized spacial score (nSPS) is 11.0. The maximum absolute atomic E-state index is 6.22. The lowest BCUT2D eigenvalue weighted by atomic mass is 10.1. The third-order valence-corrected chi connectivity index (χ3v) is 5.64. The molecule has 0 aliphatic heterocycles. The highest BCUT2D eigenvalue weighted by molar-refractivity contribution is 7.99. The van der Waals surface area contributed by atoms with Crippen LogP contribution in [0.2, 0.25) is 0 Å². The van der Waals surface area contributed by atoms with Crippen molar-refractivity contribution in [1.82, 2.24) is 15.0 Å². The quantitative estimate of drug-likeness (QED) is 0.341. The first-order chi connectivity index (χ1) is 14.5. The molecule has 0 saturated heterocycles. The van der Waals surface area contributed by atoms with Gasteiger partial charge in [0.05, 0.1) is 11.2 Å². The predicted molar refractivity (Wildman–Crippen MR) is 124 cm³/mol. The Labute approximate surface area is 179 Å². The Morgan fingerprint density at radius 1 is 1.03 bits per heavy atom. The van der Waals surface area contributed by atoms with Gasteiger partial charge < -0.3 is 16.2 Å². The average Bonchev–Trinajstić information content (AvgIpc) is 2.75. The minimum Gasteiger partial charge on any atom is -0.487 e. The Bertz CT molecular complexity index is 1200. The summed E-state index contributed by atoms with van der Waals surface area (Å²) in [4.78, 5) is 14.5. The van der Waals surface area contributed by atoms with Crippen molar-refractivity contribution in [3.63, 3.8) is 0 Å². The fourth-order valence-electron chi connectivity index (χ4n) is 3.19. The van der Waals surface area contributed by atoms with Gasteiger partial charge in [0.15, 0.2) is 5.82 Å². The Kier molecular flexibility index (Phi) is 5.72. The molecule has 0 radical (unpaired) electrons. The number of nitrogen functional groups attached to an aromatic ring is 2. The molecule has 0 bridgehead atoms. The molecule has 0 fully saturated rings. The zero-order valence-corrected chi connectivity index (χ0v) is 17.7. The second kappa shape index (κ2) is 8.59. The molecule has 0 amide bonds. The lowest BCUT2D eigenvalue weighted by molar-refractivity contribution is 0.299. The highest BCUT2D eigenvalue weighted by atomic mass is 32.2. The van der Waals surface area contributed by atoms with E-state index in [1.54, 1.807) is 18.0 Å². The fraction of sp³-hybridized carbons (Fsp3) is 0.174. The van der Waals surface area contributed by atoms with Crippen LogP contribution in [0.1, 0.15) is 18.2 Å². The van der Waals surface area contributed by atoms with E-state index in [9.17, 15) is 0 Å². The molecule has 2 aromatic heterocycles. The zero-order chi connectivity index (χ0) is 21.1. The SMILES string of the molecule is CCSc1cc2nc(-c3ccc(OCc4ccccn4)c(C)c3)nc(N)c2cc1N. The minimum absolute atomic E-state index is 0.416. The van der Waals surface area contributed by atoms with E-state index in [0.29, 0.717) is 23.9 Å². The van der Waals surface area contributed by atoms with Crippen molar-refractivity contribution in [2.75, 3.05) is 17.2 Å². The Hall–Kier alpha value is -3.32. The van der Waals surface area contributed by atoms with Crippen LogP contribution in [0.15, 0.2) is 59.6 Å². The zero-order valence-electron chi connectivity index (χ0n) is 16.9. The molecule has 4 aromatic rings. The number of fused-ring (bicyclic) bond motifs is 1. The molecule has 152 valence electrons. The molecule has 4 rings (SSSR count). The first kappa shape index (κ1) is 20.0. The largest absolute Gasteiger partial charge is 0.487 e. The van der Waals surface area contributed by atoms with E-state index in [-0.39, 0.29) is 0 Å². The molecule has 0 atom stereocenters. The predicted octanol–water partition coefficient (Wildman–Crippen LogP) is 4.86. The molecule has 0 aliphatic carbocycles. The lowest BCUT2D eigenvalue weighted by Crippen LogP contribution is -2.01. The van der Waals surface area contributed by atoms with Gasteiger partial charge in [0.1, 0.15) is 18.2 Å². The van der Waals surface area contributed by atoms with Gasteiger partial charge in [0, 0.05) is 27.7 Å². The standard InChI is InChI=1S/C23H23N5OS/c1-3-30-21-12-19-17(11-18(21)24)22(25)28-23(27-19)15-7-8-20(14(2)10-15)29-13-16-6-4-5-9-26-16/h4-12H,3,13,24H2,1-2H3,(H2,25,27,28). The van der Waals surface area contributed by atoms with Gasteiger partial charge in [-0.2, -0.15) is 0 Å². The third-order valence-electron chi connectivity index (χ3n) is 4.69. The van der Waals surface area contributed by atoms with Gasteiger partial charge in [-0.15, -0.1) is 11.8 Å². The molecular weight excluding hydrogens is 394 g/mol. The van der Waals surface area contributed by atoms with Crippen molar-refractivity contribution < 1.29 is 4.74 Å². The molecule has 4 N–H and O–H groups in total. The number of pyridine rings is 1. The maximum Gasteiger partial charge on any atom is 0.162 e. The van der Waals surface area contributed by atoms with Crippen molar-refractivity contribution in [2.24, 2.45) is 0 Å². The summed E-state index contributed by atoms with van der Waals surface area (Å²) in [5.41, 5.74) is 16.6. The van der Waals surface area contributed by atoms with Crippen molar-refractivity contribution in [3.8, 4) is 17.1 Å². The number of hydrogen-bond donors (Lipinski definition) is 2. The van der Waals surface area contributed by atoms with Gasteiger partial charge in [-0.05, 0) is 60.7 Å². The second-order valence-corrected chi connectivity index (χ2v) is 8.17. The highest BCUT2D eigenvalue weighted by Gasteiger charge is 2.12. The third kappa shape index (κ3) is 4.16. The number of hydrogen-bond acceptors (Lipinski definition) is 7. The van der Waals surface area contributed by atoms with Crippen molar-refractivity contribution in [1.29, 1.82) is 0 Å². The summed E-state index contributed by atoms with van der Waals surface area (Å²) in [5, 5.41) is 0.767. The number of nitrogens with two attached hydrogens (primary N) is 2. The smallest absolute Gasteiger partial charge is 0.162 e. The summed E-state index contributed by atoms with van der Waals surface area (Å²) in [5.74, 6) is 2.73. The number of thioether (sulfide) groups is 1. The number of benzene rings is 2. The monoisotopic (exact) mass is 417 g/mol. The molecule has 2 heterocycles. The van der Waals surface area contributed by atoms with Crippen molar-refractivity contribution in [2.45, 2.75) is 25.3 Å². The topological polar surface area (TPSA) is 99.9 Å². The first-order valence-corrected chi connectivity index (χ1v) is 10.7. The molecule has 6 nitrogen and oxygen atoms in total. The average molecular weight is 418 g/mol. The van der Waals surface area contributed by atoms with Gasteiger partial charge in [-0.1, -0.05) is 13.0 Å². The van der Waals surface area contributed by atoms with Gasteiger partial charge in [-0.25, -0.2) is 9.97 Å². The van der Waals surface area contributed by atoms with Gasteiger partial charge in [0.2, 0.25) is 0 Å². The van der Waals surface area contributed by atoms with Crippen LogP contribution in [-0.2, 0) is 6.61 Å². The Morgan fingerprint density at radius 3 is 2.63 bits per heavy atom. The number of aryl methyl sites for hydroxylation is 1. The maximum atomic E-state index is 6.22. The number of rotatable bonds is 6. The number of ether oxygens (including phenoxy) is 1. The Morgan fingerprint density at radius 2 is 1.90 bits per heavy atom. The summed E-state index contributed by atoms with van der Waals surface area (Å²) < 4.78 is 5.92.